The van der Waals surface area contributed by atoms with E-state index in [0.717, 1.165) is 44.8 Å². The summed E-state index contributed by atoms with van der Waals surface area (Å²) in [4.78, 5) is 25.7. The van der Waals surface area contributed by atoms with Crippen molar-refractivity contribution in [2.75, 3.05) is 44.6 Å². The fraction of sp³-hybridized carbons (Fsp3) is 0.350. The molecule has 1 heterocycles. The Kier molecular flexibility index (Phi) is 6.94. The van der Waals surface area contributed by atoms with Crippen molar-refractivity contribution in [1.82, 2.24) is 15.5 Å². The Morgan fingerprint density at radius 1 is 1.14 bits per heavy atom. The summed E-state index contributed by atoms with van der Waals surface area (Å²) >= 11 is 0. The Bertz CT molecular complexity index is 807. The molecule has 0 spiro atoms. The maximum absolute atomic E-state index is 12.4. The highest BCUT2D eigenvalue weighted by Crippen LogP contribution is 2.28. The number of anilines is 2. The molecule has 28 heavy (non-hydrogen) atoms. The predicted molar refractivity (Wildman–Crippen MR) is 109 cm³/mol. The van der Waals surface area contributed by atoms with E-state index in [1.165, 1.54) is 6.07 Å². The van der Waals surface area contributed by atoms with Crippen molar-refractivity contribution in [3.05, 3.63) is 64.2 Å². The first kappa shape index (κ1) is 19.8. The molecular formula is C20H25N5O3. The van der Waals surface area contributed by atoms with Gasteiger partial charge in [-0.2, -0.15) is 0 Å². The number of nitro groups is 1. The lowest BCUT2D eigenvalue weighted by Gasteiger charge is -2.27. The normalized spacial score (nSPS) is 14.4. The van der Waals surface area contributed by atoms with Gasteiger partial charge in [-0.3, -0.25) is 14.9 Å². The summed E-state index contributed by atoms with van der Waals surface area (Å²) in [5, 5.41) is 20.6. The van der Waals surface area contributed by atoms with Crippen LogP contribution in [-0.4, -0.2) is 55.0 Å². The molecule has 1 aliphatic heterocycles. The minimum Gasteiger partial charge on any atom is -0.352 e. The topological polar surface area (TPSA) is 99.5 Å². The van der Waals surface area contributed by atoms with E-state index in [4.69, 9.17) is 0 Å². The number of para-hydroxylation sites is 1. The van der Waals surface area contributed by atoms with Gasteiger partial charge in [-0.1, -0.05) is 18.2 Å². The summed E-state index contributed by atoms with van der Waals surface area (Å²) in [5.41, 5.74) is 1.26. The van der Waals surface area contributed by atoms with Crippen molar-refractivity contribution in [1.29, 1.82) is 0 Å². The molecule has 0 radical (unpaired) electrons. The zero-order chi connectivity index (χ0) is 19.8. The summed E-state index contributed by atoms with van der Waals surface area (Å²) in [6, 6.07) is 13.7. The molecule has 0 saturated carbocycles. The number of hydrogen-bond acceptors (Lipinski definition) is 6. The molecule has 0 aromatic heterocycles. The van der Waals surface area contributed by atoms with Gasteiger partial charge >= 0.3 is 0 Å². The summed E-state index contributed by atoms with van der Waals surface area (Å²) in [5.74, 6) is -0.297. The Labute approximate surface area is 164 Å². The van der Waals surface area contributed by atoms with Crippen molar-refractivity contribution < 1.29 is 9.72 Å². The molecular weight excluding hydrogens is 358 g/mol. The molecule has 1 amide bonds. The Morgan fingerprint density at radius 3 is 2.61 bits per heavy atom. The van der Waals surface area contributed by atoms with Gasteiger partial charge in [0.15, 0.2) is 0 Å². The Morgan fingerprint density at radius 2 is 1.89 bits per heavy atom. The van der Waals surface area contributed by atoms with Gasteiger partial charge < -0.3 is 20.9 Å². The summed E-state index contributed by atoms with van der Waals surface area (Å²) < 4.78 is 0. The van der Waals surface area contributed by atoms with Crippen LogP contribution in [0, 0.1) is 10.1 Å². The van der Waals surface area contributed by atoms with Crippen molar-refractivity contribution >= 4 is 23.0 Å². The van der Waals surface area contributed by atoms with E-state index in [1.54, 1.807) is 12.1 Å². The van der Waals surface area contributed by atoms with Crippen LogP contribution >= 0.6 is 0 Å². The molecule has 0 atom stereocenters. The second-order valence-corrected chi connectivity index (χ2v) is 6.68. The van der Waals surface area contributed by atoms with Gasteiger partial charge in [-0.15, -0.1) is 0 Å². The largest absolute Gasteiger partial charge is 0.352 e. The lowest BCUT2D eigenvalue weighted by Crippen LogP contribution is -2.44. The third kappa shape index (κ3) is 5.51. The third-order valence-electron chi connectivity index (χ3n) is 4.66. The van der Waals surface area contributed by atoms with Crippen LogP contribution in [0.4, 0.5) is 17.1 Å². The van der Waals surface area contributed by atoms with Crippen molar-refractivity contribution in [2.24, 2.45) is 0 Å². The second-order valence-electron chi connectivity index (χ2n) is 6.68. The van der Waals surface area contributed by atoms with Crippen LogP contribution in [-0.2, 0) is 0 Å². The molecule has 2 aromatic carbocycles. The highest BCUT2D eigenvalue weighted by atomic mass is 16.6. The van der Waals surface area contributed by atoms with Gasteiger partial charge in [0, 0.05) is 50.0 Å². The first-order valence-corrected chi connectivity index (χ1v) is 9.45. The van der Waals surface area contributed by atoms with Gasteiger partial charge in [0.25, 0.3) is 11.6 Å². The third-order valence-corrected chi connectivity index (χ3v) is 4.66. The number of piperazine rings is 1. The lowest BCUT2D eigenvalue weighted by atomic mass is 10.1. The Balaban J connectivity index is 1.57. The minimum absolute atomic E-state index is 0.127. The molecule has 1 fully saturated rings. The first-order valence-electron chi connectivity index (χ1n) is 9.45. The SMILES string of the molecule is O=C(NCCCN1CCNCC1)c1ccc(Nc2ccccc2)c([N+](=O)[O-])c1. The number of benzene rings is 2. The van der Waals surface area contributed by atoms with Gasteiger partial charge in [0.2, 0.25) is 0 Å². The molecule has 0 aliphatic carbocycles. The number of carbonyl (C=O) groups excluding carboxylic acids is 1. The molecule has 3 N–H and O–H groups in total. The van der Waals surface area contributed by atoms with Crippen molar-refractivity contribution in [2.45, 2.75) is 6.42 Å². The van der Waals surface area contributed by atoms with Crippen molar-refractivity contribution in [3.63, 3.8) is 0 Å². The van der Waals surface area contributed by atoms with E-state index in [1.807, 2.05) is 30.3 Å². The summed E-state index contributed by atoms with van der Waals surface area (Å²) in [6.45, 7) is 5.52. The van der Waals surface area contributed by atoms with E-state index < -0.39 is 4.92 Å². The molecule has 1 aliphatic rings. The number of hydrogen-bond donors (Lipinski definition) is 3. The zero-order valence-corrected chi connectivity index (χ0v) is 15.7. The van der Waals surface area contributed by atoms with Crippen LogP contribution < -0.4 is 16.0 Å². The summed E-state index contributed by atoms with van der Waals surface area (Å²) in [7, 11) is 0. The number of nitrogens with zero attached hydrogens (tertiary/aromatic N) is 2. The van der Waals surface area contributed by atoms with Gasteiger partial charge in [-0.05, 0) is 37.2 Å². The van der Waals surface area contributed by atoms with Crippen LogP contribution in [0.5, 0.6) is 0 Å². The number of amides is 1. The summed E-state index contributed by atoms with van der Waals surface area (Å²) in [6.07, 6.45) is 0.849. The first-order chi connectivity index (χ1) is 13.6. The van der Waals surface area contributed by atoms with Crippen LogP contribution in [0.3, 0.4) is 0 Å². The number of rotatable bonds is 8. The van der Waals surface area contributed by atoms with E-state index in [9.17, 15) is 14.9 Å². The molecule has 3 rings (SSSR count). The molecule has 1 saturated heterocycles. The van der Waals surface area contributed by atoms with Crippen LogP contribution in [0.15, 0.2) is 48.5 Å². The molecule has 0 unspecified atom stereocenters. The van der Waals surface area contributed by atoms with Crippen LogP contribution in [0.25, 0.3) is 0 Å². The molecule has 2 aromatic rings. The highest BCUT2D eigenvalue weighted by Gasteiger charge is 2.18. The monoisotopic (exact) mass is 383 g/mol. The predicted octanol–water partition coefficient (Wildman–Crippen LogP) is 2.36. The maximum atomic E-state index is 12.4. The number of nitrogens with one attached hydrogen (secondary N) is 3. The number of carbonyl (C=O) groups is 1. The quantitative estimate of drug-likeness (QED) is 0.368. The fourth-order valence-corrected chi connectivity index (χ4v) is 3.15. The average molecular weight is 383 g/mol. The van der Waals surface area contributed by atoms with E-state index in [0.29, 0.717) is 12.2 Å². The lowest BCUT2D eigenvalue weighted by molar-refractivity contribution is -0.383. The zero-order valence-electron chi connectivity index (χ0n) is 15.7. The second kappa shape index (κ2) is 9.82. The smallest absolute Gasteiger partial charge is 0.293 e. The molecule has 0 bridgehead atoms. The minimum atomic E-state index is -0.480. The molecule has 8 nitrogen and oxygen atoms in total. The molecule has 8 heteroatoms. The molecule has 148 valence electrons. The van der Waals surface area contributed by atoms with Crippen molar-refractivity contribution in [3.8, 4) is 0 Å². The Hall–Kier alpha value is -2.97. The van der Waals surface area contributed by atoms with Gasteiger partial charge in [0.05, 0.1) is 4.92 Å². The van der Waals surface area contributed by atoms with Crippen LogP contribution in [0.2, 0.25) is 0 Å². The number of nitro benzene ring substituents is 1. The standard InChI is InChI=1S/C20H25N5O3/c26-20(22-9-4-12-24-13-10-21-11-14-24)16-7-8-18(19(15-16)25(27)28)23-17-5-2-1-3-6-17/h1-3,5-8,15,21,23H,4,9-14H2,(H,22,26). The van der Waals surface area contributed by atoms with E-state index >= 15 is 0 Å². The van der Waals surface area contributed by atoms with Crippen LogP contribution in [0.1, 0.15) is 16.8 Å². The fourth-order valence-electron chi connectivity index (χ4n) is 3.15. The van der Waals surface area contributed by atoms with E-state index in [-0.39, 0.29) is 17.2 Å². The van der Waals surface area contributed by atoms with E-state index in [2.05, 4.69) is 20.9 Å². The van der Waals surface area contributed by atoms with Gasteiger partial charge in [0.1, 0.15) is 5.69 Å². The average Bonchev–Trinajstić information content (AvgIpc) is 2.72. The van der Waals surface area contributed by atoms with Gasteiger partial charge in [-0.25, -0.2) is 0 Å². The highest BCUT2D eigenvalue weighted by molar-refractivity contribution is 5.95. The maximum Gasteiger partial charge on any atom is 0.293 e.